The van der Waals surface area contributed by atoms with E-state index in [1.54, 1.807) is 11.3 Å². The molecule has 0 amide bonds. The van der Waals surface area contributed by atoms with Crippen molar-refractivity contribution in [2.24, 2.45) is 5.73 Å². The SMILES string of the molecule is CC1Cc2nc(C(C)N)sc2C(C)O1. The van der Waals surface area contributed by atoms with Gasteiger partial charge in [-0.15, -0.1) is 11.3 Å². The number of fused-ring (bicyclic) bond motifs is 1. The van der Waals surface area contributed by atoms with Crippen LogP contribution in [0.25, 0.3) is 0 Å². The molecule has 2 N–H and O–H groups in total. The van der Waals surface area contributed by atoms with Gasteiger partial charge in [0.15, 0.2) is 0 Å². The molecule has 0 aliphatic carbocycles. The van der Waals surface area contributed by atoms with Crippen molar-refractivity contribution in [1.29, 1.82) is 0 Å². The van der Waals surface area contributed by atoms with E-state index in [-0.39, 0.29) is 18.2 Å². The minimum atomic E-state index is 0.0353. The Morgan fingerprint density at radius 1 is 1.57 bits per heavy atom. The van der Waals surface area contributed by atoms with Crippen molar-refractivity contribution >= 4 is 11.3 Å². The van der Waals surface area contributed by atoms with Gasteiger partial charge in [0.1, 0.15) is 5.01 Å². The largest absolute Gasteiger partial charge is 0.370 e. The zero-order valence-electron chi connectivity index (χ0n) is 8.78. The first-order valence-electron chi connectivity index (χ1n) is 4.98. The van der Waals surface area contributed by atoms with Gasteiger partial charge in [0.25, 0.3) is 0 Å². The molecule has 1 aromatic heterocycles. The van der Waals surface area contributed by atoms with Crippen LogP contribution in [0.2, 0.25) is 0 Å². The fourth-order valence-corrected chi connectivity index (χ4v) is 2.81. The van der Waals surface area contributed by atoms with Crippen molar-refractivity contribution in [3.8, 4) is 0 Å². The van der Waals surface area contributed by atoms with Crippen LogP contribution in [0.1, 0.15) is 48.5 Å². The predicted octanol–water partition coefficient (Wildman–Crippen LogP) is 2.19. The third kappa shape index (κ3) is 1.69. The zero-order chi connectivity index (χ0) is 10.3. The predicted molar refractivity (Wildman–Crippen MR) is 57.4 cm³/mol. The molecular formula is C10H16N2OS. The summed E-state index contributed by atoms with van der Waals surface area (Å²) in [4.78, 5) is 5.82. The number of aromatic nitrogens is 1. The van der Waals surface area contributed by atoms with E-state index in [0.717, 1.165) is 11.4 Å². The maximum atomic E-state index is 5.81. The van der Waals surface area contributed by atoms with Gasteiger partial charge >= 0.3 is 0 Å². The van der Waals surface area contributed by atoms with Crippen molar-refractivity contribution in [1.82, 2.24) is 4.98 Å². The number of hydrogen-bond donors (Lipinski definition) is 1. The molecule has 0 saturated carbocycles. The summed E-state index contributed by atoms with van der Waals surface area (Å²) in [7, 11) is 0. The Labute approximate surface area is 88.3 Å². The number of ether oxygens (including phenoxy) is 1. The summed E-state index contributed by atoms with van der Waals surface area (Å²) in [6, 6.07) is 0.0353. The van der Waals surface area contributed by atoms with Crippen molar-refractivity contribution in [2.75, 3.05) is 0 Å². The molecule has 1 aliphatic heterocycles. The Balaban J connectivity index is 2.35. The number of hydrogen-bond acceptors (Lipinski definition) is 4. The first-order valence-corrected chi connectivity index (χ1v) is 5.80. The van der Waals surface area contributed by atoms with Gasteiger partial charge in [-0.1, -0.05) is 0 Å². The molecule has 2 rings (SSSR count). The quantitative estimate of drug-likeness (QED) is 0.776. The fourth-order valence-electron chi connectivity index (χ4n) is 1.77. The molecule has 4 heteroatoms. The molecule has 0 aromatic carbocycles. The van der Waals surface area contributed by atoms with E-state index >= 15 is 0 Å². The molecule has 3 unspecified atom stereocenters. The molecule has 3 nitrogen and oxygen atoms in total. The summed E-state index contributed by atoms with van der Waals surface area (Å²) < 4.78 is 5.74. The normalized spacial score (nSPS) is 28.6. The Morgan fingerprint density at radius 3 is 2.93 bits per heavy atom. The lowest BCUT2D eigenvalue weighted by atomic mass is 10.1. The maximum Gasteiger partial charge on any atom is 0.110 e. The van der Waals surface area contributed by atoms with E-state index in [2.05, 4.69) is 18.8 Å². The molecule has 0 spiro atoms. The van der Waals surface area contributed by atoms with E-state index in [1.165, 1.54) is 10.6 Å². The second kappa shape index (κ2) is 3.61. The number of rotatable bonds is 1. The zero-order valence-corrected chi connectivity index (χ0v) is 9.60. The first-order chi connectivity index (χ1) is 6.58. The molecule has 2 heterocycles. The Hall–Kier alpha value is -0.450. The van der Waals surface area contributed by atoms with Gasteiger partial charge in [0, 0.05) is 6.42 Å². The first kappa shape index (κ1) is 10.1. The van der Waals surface area contributed by atoms with E-state index in [1.807, 2.05) is 6.92 Å². The number of thiazole rings is 1. The smallest absolute Gasteiger partial charge is 0.110 e. The van der Waals surface area contributed by atoms with E-state index in [9.17, 15) is 0 Å². The third-order valence-corrected chi connectivity index (χ3v) is 3.88. The molecule has 3 atom stereocenters. The molecule has 0 radical (unpaired) electrons. The average Bonchev–Trinajstić information content (AvgIpc) is 2.47. The average molecular weight is 212 g/mol. The van der Waals surface area contributed by atoms with Crippen molar-refractivity contribution in [3.05, 3.63) is 15.6 Å². The van der Waals surface area contributed by atoms with Crippen molar-refractivity contribution < 1.29 is 4.74 Å². The topological polar surface area (TPSA) is 48.1 Å². The molecule has 0 saturated heterocycles. The van der Waals surface area contributed by atoms with Crippen LogP contribution >= 0.6 is 11.3 Å². The van der Waals surface area contributed by atoms with Crippen LogP contribution < -0.4 is 5.73 Å². The van der Waals surface area contributed by atoms with Gasteiger partial charge in [-0.3, -0.25) is 0 Å². The summed E-state index contributed by atoms with van der Waals surface area (Å²) in [5.41, 5.74) is 7.00. The van der Waals surface area contributed by atoms with Gasteiger partial charge in [0.05, 0.1) is 28.8 Å². The Morgan fingerprint density at radius 2 is 2.29 bits per heavy atom. The summed E-state index contributed by atoms with van der Waals surface area (Å²) in [5.74, 6) is 0. The molecule has 0 fully saturated rings. The molecular weight excluding hydrogens is 196 g/mol. The van der Waals surface area contributed by atoms with Gasteiger partial charge in [-0.25, -0.2) is 4.98 Å². The molecule has 78 valence electrons. The monoisotopic (exact) mass is 212 g/mol. The van der Waals surface area contributed by atoms with Crippen LogP contribution in [0.15, 0.2) is 0 Å². The lowest BCUT2D eigenvalue weighted by Gasteiger charge is -2.23. The molecule has 0 bridgehead atoms. The maximum absolute atomic E-state index is 5.81. The second-order valence-electron chi connectivity index (χ2n) is 3.94. The van der Waals surface area contributed by atoms with Gasteiger partial charge in [0.2, 0.25) is 0 Å². The molecule has 14 heavy (non-hydrogen) atoms. The standard InChI is InChI=1S/C10H16N2OS/c1-5-4-8-9(7(3)13-5)14-10(12-8)6(2)11/h5-7H,4,11H2,1-3H3. The van der Waals surface area contributed by atoms with Crippen LogP contribution in [0.3, 0.4) is 0 Å². The van der Waals surface area contributed by atoms with Crippen molar-refractivity contribution in [3.63, 3.8) is 0 Å². The highest BCUT2D eigenvalue weighted by atomic mass is 32.1. The number of nitrogens with two attached hydrogens (primary N) is 1. The van der Waals surface area contributed by atoms with Crippen LogP contribution in [-0.2, 0) is 11.2 Å². The number of nitrogens with zero attached hydrogens (tertiary/aromatic N) is 1. The van der Waals surface area contributed by atoms with Crippen LogP contribution in [0.4, 0.5) is 0 Å². The lowest BCUT2D eigenvalue weighted by molar-refractivity contribution is -0.00318. The van der Waals surface area contributed by atoms with E-state index in [4.69, 9.17) is 10.5 Å². The van der Waals surface area contributed by atoms with E-state index < -0.39 is 0 Å². The van der Waals surface area contributed by atoms with Gasteiger partial charge in [-0.05, 0) is 20.8 Å². The third-order valence-electron chi connectivity index (χ3n) is 2.42. The highest BCUT2D eigenvalue weighted by Gasteiger charge is 2.26. The summed E-state index contributed by atoms with van der Waals surface area (Å²) in [6.07, 6.45) is 1.38. The summed E-state index contributed by atoms with van der Waals surface area (Å²) in [6.45, 7) is 6.14. The minimum absolute atomic E-state index is 0.0353. The Kier molecular flexibility index (Phi) is 2.60. The van der Waals surface area contributed by atoms with Crippen LogP contribution in [0.5, 0.6) is 0 Å². The summed E-state index contributed by atoms with van der Waals surface area (Å²) in [5, 5.41) is 1.03. The fraction of sp³-hybridized carbons (Fsp3) is 0.700. The van der Waals surface area contributed by atoms with E-state index in [0.29, 0.717) is 0 Å². The minimum Gasteiger partial charge on any atom is -0.370 e. The highest BCUT2D eigenvalue weighted by molar-refractivity contribution is 7.11. The molecule has 1 aromatic rings. The van der Waals surface area contributed by atoms with Gasteiger partial charge in [-0.2, -0.15) is 0 Å². The Bertz CT molecular complexity index is 335. The second-order valence-corrected chi connectivity index (χ2v) is 5.01. The molecule has 1 aliphatic rings. The lowest BCUT2D eigenvalue weighted by Crippen LogP contribution is -2.20. The van der Waals surface area contributed by atoms with Gasteiger partial charge < -0.3 is 10.5 Å². The highest BCUT2D eigenvalue weighted by Crippen LogP contribution is 2.35. The van der Waals surface area contributed by atoms with Crippen LogP contribution in [0, 0.1) is 0 Å². The van der Waals surface area contributed by atoms with Crippen LogP contribution in [-0.4, -0.2) is 11.1 Å². The van der Waals surface area contributed by atoms with Crippen molar-refractivity contribution in [2.45, 2.75) is 45.4 Å². The summed E-state index contributed by atoms with van der Waals surface area (Å²) >= 11 is 1.69.